The lowest BCUT2D eigenvalue weighted by Gasteiger charge is -2.09. The Morgan fingerprint density at radius 3 is 2.55 bits per heavy atom. The average Bonchev–Trinajstić information content (AvgIpc) is 2.49. The first-order valence-corrected chi connectivity index (χ1v) is 7.46. The highest BCUT2D eigenvalue weighted by atomic mass is 16.1. The number of rotatable bonds is 3. The van der Waals surface area contributed by atoms with Crippen LogP contribution in [0.25, 0.3) is 10.9 Å². The van der Waals surface area contributed by atoms with Gasteiger partial charge in [-0.05, 0) is 67.6 Å². The number of hydrogen-bond donors (Lipinski definition) is 2. The van der Waals surface area contributed by atoms with E-state index in [1.54, 1.807) is 0 Å². The minimum Gasteiger partial charge on any atom is -0.381 e. The highest BCUT2D eigenvalue weighted by Gasteiger charge is 2.04. The molecule has 1 heterocycles. The van der Waals surface area contributed by atoms with Crippen molar-refractivity contribution in [3.8, 4) is 0 Å². The molecule has 0 aliphatic rings. The minimum atomic E-state index is -0.0345. The number of H-pyrrole nitrogens is 1. The fourth-order valence-electron chi connectivity index (χ4n) is 2.55. The summed E-state index contributed by atoms with van der Waals surface area (Å²) in [5, 5.41) is 4.40. The van der Waals surface area contributed by atoms with Crippen molar-refractivity contribution in [2.24, 2.45) is 0 Å². The number of pyridine rings is 1. The van der Waals surface area contributed by atoms with Gasteiger partial charge < -0.3 is 10.3 Å². The predicted molar refractivity (Wildman–Crippen MR) is 92.5 cm³/mol. The molecule has 0 saturated heterocycles. The third-order valence-corrected chi connectivity index (χ3v) is 4.07. The van der Waals surface area contributed by atoms with Crippen LogP contribution in [0.4, 0.5) is 5.69 Å². The summed E-state index contributed by atoms with van der Waals surface area (Å²) in [5.41, 5.74) is 6.33. The number of benzene rings is 2. The van der Waals surface area contributed by atoms with Crippen LogP contribution in [0.5, 0.6) is 0 Å². The molecular formula is C19H20N2O. The van der Waals surface area contributed by atoms with E-state index >= 15 is 0 Å². The number of hydrogen-bond acceptors (Lipinski definition) is 2. The van der Waals surface area contributed by atoms with Crippen molar-refractivity contribution in [2.75, 3.05) is 5.32 Å². The Bertz CT molecular complexity index is 894. The molecule has 0 bridgehead atoms. The molecule has 0 saturated carbocycles. The second-order valence-corrected chi connectivity index (χ2v) is 5.87. The van der Waals surface area contributed by atoms with Crippen molar-refractivity contribution in [3.05, 3.63) is 75.1 Å². The Morgan fingerprint density at radius 1 is 0.955 bits per heavy atom. The van der Waals surface area contributed by atoms with Crippen LogP contribution in [0, 0.1) is 20.8 Å². The zero-order valence-corrected chi connectivity index (χ0v) is 13.2. The normalized spacial score (nSPS) is 10.9. The molecule has 0 atom stereocenters. The van der Waals surface area contributed by atoms with E-state index in [1.807, 2.05) is 24.3 Å². The molecule has 2 N–H and O–H groups in total. The summed E-state index contributed by atoms with van der Waals surface area (Å²) in [5.74, 6) is 0. The fraction of sp³-hybridized carbons (Fsp3) is 0.211. The molecule has 0 fully saturated rings. The molecule has 3 aromatic rings. The Balaban J connectivity index is 1.88. The topological polar surface area (TPSA) is 44.9 Å². The van der Waals surface area contributed by atoms with Crippen molar-refractivity contribution in [1.29, 1.82) is 0 Å². The van der Waals surface area contributed by atoms with Crippen molar-refractivity contribution in [1.82, 2.24) is 4.98 Å². The van der Waals surface area contributed by atoms with E-state index in [2.05, 4.69) is 49.3 Å². The van der Waals surface area contributed by atoms with Crippen molar-refractivity contribution in [3.63, 3.8) is 0 Å². The maximum Gasteiger partial charge on any atom is 0.253 e. The number of anilines is 1. The maximum absolute atomic E-state index is 12.2. The van der Waals surface area contributed by atoms with Crippen LogP contribution in [-0.4, -0.2) is 4.98 Å². The third-order valence-electron chi connectivity index (χ3n) is 4.07. The molecule has 1 aromatic heterocycles. The quantitative estimate of drug-likeness (QED) is 0.764. The van der Waals surface area contributed by atoms with Crippen molar-refractivity contribution in [2.45, 2.75) is 27.3 Å². The molecule has 0 spiro atoms. The van der Waals surface area contributed by atoms with Crippen molar-refractivity contribution < 1.29 is 0 Å². The van der Waals surface area contributed by atoms with Gasteiger partial charge in [0.15, 0.2) is 0 Å². The summed E-state index contributed by atoms with van der Waals surface area (Å²) < 4.78 is 0. The molecule has 3 rings (SSSR count). The molecule has 0 aliphatic heterocycles. The third kappa shape index (κ3) is 2.89. The molecule has 3 nitrogen and oxygen atoms in total. The Hall–Kier alpha value is -2.55. The van der Waals surface area contributed by atoms with E-state index in [0.717, 1.165) is 22.2 Å². The van der Waals surface area contributed by atoms with Gasteiger partial charge in [0.2, 0.25) is 0 Å². The molecular weight excluding hydrogens is 272 g/mol. The van der Waals surface area contributed by atoms with Crippen LogP contribution in [0.1, 0.15) is 22.3 Å². The summed E-state index contributed by atoms with van der Waals surface area (Å²) in [4.78, 5) is 15.1. The molecule has 0 amide bonds. The minimum absolute atomic E-state index is 0.0345. The zero-order valence-electron chi connectivity index (χ0n) is 13.2. The highest BCUT2D eigenvalue weighted by Crippen LogP contribution is 2.16. The largest absolute Gasteiger partial charge is 0.381 e. The van der Waals surface area contributed by atoms with Gasteiger partial charge in [-0.25, -0.2) is 0 Å². The van der Waals surface area contributed by atoms with Crippen LogP contribution in [0.2, 0.25) is 0 Å². The van der Waals surface area contributed by atoms with Crippen molar-refractivity contribution >= 4 is 16.6 Å². The highest BCUT2D eigenvalue weighted by molar-refractivity contribution is 5.79. The average molecular weight is 292 g/mol. The molecule has 0 aliphatic carbocycles. The van der Waals surface area contributed by atoms with Gasteiger partial charge in [-0.3, -0.25) is 4.79 Å². The maximum atomic E-state index is 12.2. The molecule has 112 valence electrons. The van der Waals surface area contributed by atoms with E-state index in [9.17, 15) is 4.79 Å². The molecule has 3 heteroatoms. The van der Waals surface area contributed by atoms with E-state index < -0.39 is 0 Å². The molecule has 0 radical (unpaired) electrons. The van der Waals surface area contributed by atoms with E-state index in [0.29, 0.717) is 6.54 Å². The van der Waals surface area contributed by atoms with E-state index in [4.69, 9.17) is 0 Å². The Labute approximate surface area is 130 Å². The Kier molecular flexibility index (Phi) is 3.72. The summed E-state index contributed by atoms with van der Waals surface area (Å²) in [7, 11) is 0. The van der Waals surface area contributed by atoms with Gasteiger partial charge in [-0.15, -0.1) is 0 Å². The molecule has 2 aromatic carbocycles. The lowest BCUT2D eigenvalue weighted by atomic mass is 10.1. The zero-order chi connectivity index (χ0) is 15.7. The van der Waals surface area contributed by atoms with Gasteiger partial charge >= 0.3 is 0 Å². The Morgan fingerprint density at radius 2 is 1.77 bits per heavy atom. The standard InChI is InChI=1S/C19H20N2O/c1-12-4-7-18-15(8-12)10-16(19(22)21-18)11-20-17-6-5-13(2)14(3)9-17/h4-10,20H,11H2,1-3H3,(H,21,22). The number of aryl methyl sites for hydroxylation is 3. The van der Waals surface area contributed by atoms with Gasteiger partial charge in [0.1, 0.15) is 0 Å². The van der Waals surface area contributed by atoms with Gasteiger partial charge in [0.05, 0.1) is 0 Å². The van der Waals surface area contributed by atoms with Crippen LogP contribution < -0.4 is 10.9 Å². The number of aromatic amines is 1. The fourth-order valence-corrected chi connectivity index (χ4v) is 2.55. The second-order valence-electron chi connectivity index (χ2n) is 5.87. The van der Waals surface area contributed by atoms with Crippen LogP contribution in [0.3, 0.4) is 0 Å². The predicted octanol–water partition coefficient (Wildman–Crippen LogP) is 4.07. The molecule has 0 unspecified atom stereocenters. The monoisotopic (exact) mass is 292 g/mol. The summed E-state index contributed by atoms with van der Waals surface area (Å²) >= 11 is 0. The summed E-state index contributed by atoms with van der Waals surface area (Å²) in [6.07, 6.45) is 0. The SMILES string of the molecule is Cc1ccc2[nH]c(=O)c(CNc3ccc(C)c(C)c3)cc2c1. The first-order chi connectivity index (χ1) is 10.5. The smallest absolute Gasteiger partial charge is 0.253 e. The van der Waals surface area contributed by atoms with Crippen LogP contribution in [0.15, 0.2) is 47.3 Å². The van der Waals surface area contributed by atoms with Crippen LogP contribution in [-0.2, 0) is 6.54 Å². The van der Waals surface area contributed by atoms with E-state index in [-0.39, 0.29) is 5.56 Å². The van der Waals surface area contributed by atoms with E-state index in [1.165, 1.54) is 16.7 Å². The molecule has 22 heavy (non-hydrogen) atoms. The lowest BCUT2D eigenvalue weighted by molar-refractivity contribution is 1.09. The number of nitrogens with one attached hydrogen (secondary N) is 2. The van der Waals surface area contributed by atoms with Gasteiger partial charge in [0.25, 0.3) is 5.56 Å². The summed E-state index contributed by atoms with van der Waals surface area (Å²) in [6.45, 7) is 6.75. The van der Waals surface area contributed by atoms with Crippen LogP contribution >= 0.6 is 0 Å². The first kappa shape index (κ1) is 14.4. The van der Waals surface area contributed by atoms with Gasteiger partial charge in [0, 0.05) is 23.3 Å². The number of aromatic nitrogens is 1. The number of fused-ring (bicyclic) bond motifs is 1. The summed E-state index contributed by atoms with van der Waals surface area (Å²) in [6, 6.07) is 14.2. The second kappa shape index (κ2) is 5.68. The van der Waals surface area contributed by atoms with Gasteiger partial charge in [-0.1, -0.05) is 17.7 Å². The van der Waals surface area contributed by atoms with Gasteiger partial charge in [-0.2, -0.15) is 0 Å². The first-order valence-electron chi connectivity index (χ1n) is 7.46. The lowest BCUT2D eigenvalue weighted by Crippen LogP contribution is -2.15.